The summed E-state index contributed by atoms with van der Waals surface area (Å²) in [6.07, 6.45) is 1.90. The molecule has 1 amide bonds. The molecule has 2 heterocycles. The molecule has 1 saturated carbocycles. The summed E-state index contributed by atoms with van der Waals surface area (Å²) in [7, 11) is 0. The Bertz CT molecular complexity index is 729. The molecule has 2 aromatic rings. The van der Waals surface area contributed by atoms with Crippen LogP contribution in [0.2, 0.25) is 0 Å². The van der Waals surface area contributed by atoms with Crippen molar-refractivity contribution in [2.24, 2.45) is 5.92 Å². The first-order valence-corrected chi connectivity index (χ1v) is 8.48. The van der Waals surface area contributed by atoms with Crippen molar-refractivity contribution in [3.05, 3.63) is 34.9 Å². The lowest BCUT2D eigenvalue weighted by atomic mass is 10.1. The summed E-state index contributed by atoms with van der Waals surface area (Å²) in [5.74, 6) is 0.0628. The van der Waals surface area contributed by atoms with E-state index in [1.54, 1.807) is 17.9 Å². The number of carbonyl (C=O) groups excluding carboxylic acids is 1. The van der Waals surface area contributed by atoms with E-state index in [0.717, 1.165) is 29.2 Å². The number of aryl methyl sites for hydroxylation is 1. The number of carboxylic acids is 1. The SMILES string of the molecule is Cc1ccc(-c2ccc(C(=O)N(CC(C)C(=O)O)C3CC3)s2)o1. The molecule has 6 heteroatoms. The summed E-state index contributed by atoms with van der Waals surface area (Å²) in [5, 5.41) is 9.09. The minimum atomic E-state index is -0.874. The number of rotatable bonds is 6. The lowest BCUT2D eigenvalue weighted by Gasteiger charge is -2.23. The van der Waals surface area contributed by atoms with Crippen LogP contribution in [-0.2, 0) is 4.79 Å². The molecular weight excluding hydrogens is 314 g/mol. The predicted octanol–water partition coefficient (Wildman–Crippen LogP) is 3.64. The van der Waals surface area contributed by atoms with E-state index in [1.165, 1.54) is 11.3 Å². The van der Waals surface area contributed by atoms with Crippen LogP contribution in [0.4, 0.5) is 0 Å². The van der Waals surface area contributed by atoms with Gasteiger partial charge in [0.05, 0.1) is 15.7 Å². The van der Waals surface area contributed by atoms with Gasteiger partial charge in [-0.15, -0.1) is 11.3 Å². The third kappa shape index (κ3) is 3.47. The van der Waals surface area contributed by atoms with Crippen molar-refractivity contribution in [2.45, 2.75) is 32.7 Å². The molecule has 0 spiro atoms. The minimum Gasteiger partial charge on any atom is -0.481 e. The summed E-state index contributed by atoms with van der Waals surface area (Å²) in [4.78, 5) is 27.1. The fraction of sp³-hybridized carbons (Fsp3) is 0.412. The Labute approximate surface area is 138 Å². The molecule has 23 heavy (non-hydrogen) atoms. The van der Waals surface area contributed by atoms with Crippen molar-refractivity contribution in [3.63, 3.8) is 0 Å². The quantitative estimate of drug-likeness (QED) is 0.876. The largest absolute Gasteiger partial charge is 0.481 e. The van der Waals surface area contributed by atoms with Crippen LogP contribution in [0.1, 0.15) is 35.2 Å². The van der Waals surface area contributed by atoms with Crippen molar-refractivity contribution in [2.75, 3.05) is 6.54 Å². The standard InChI is InChI=1S/C17H19NO4S/c1-10(17(20)21)9-18(12-4-5-12)16(19)15-8-7-14(23-15)13-6-3-11(2)22-13/h3,6-8,10,12H,4-5,9H2,1-2H3,(H,20,21). The van der Waals surface area contributed by atoms with E-state index in [4.69, 9.17) is 9.52 Å². The average molecular weight is 333 g/mol. The second-order valence-corrected chi connectivity index (χ2v) is 7.09. The Morgan fingerprint density at radius 1 is 1.35 bits per heavy atom. The predicted molar refractivity (Wildman–Crippen MR) is 87.6 cm³/mol. The molecule has 0 saturated heterocycles. The summed E-state index contributed by atoms with van der Waals surface area (Å²) in [6, 6.07) is 7.63. The molecular formula is C17H19NO4S. The van der Waals surface area contributed by atoms with Crippen LogP contribution in [0.3, 0.4) is 0 Å². The van der Waals surface area contributed by atoms with E-state index in [0.29, 0.717) is 4.88 Å². The molecule has 1 aliphatic rings. The molecule has 5 nitrogen and oxygen atoms in total. The normalized spacial score (nSPS) is 15.4. The van der Waals surface area contributed by atoms with Gasteiger partial charge in [-0.25, -0.2) is 0 Å². The Morgan fingerprint density at radius 3 is 2.65 bits per heavy atom. The second-order valence-electron chi connectivity index (χ2n) is 6.00. The van der Waals surface area contributed by atoms with Crippen LogP contribution in [0, 0.1) is 12.8 Å². The number of amides is 1. The summed E-state index contributed by atoms with van der Waals surface area (Å²) >= 11 is 1.38. The van der Waals surface area contributed by atoms with E-state index < -0.39 is 11.9 Å². The Hall–Kier alpha value is -2.08. The zero-order valence-electron chi connectivity index (χ0n) is 13.1. The van der Waals surface area contributed by atoms with Gasteiger partial charge in [0.2, 0.25) is 0 Å². The molecule has 122 valence electrons. The van der Waals surface area contributed by atoms with Crippen LogP contribution in [0.15, 0.2) is 28.7 Å². The number of thiophene rings is 1. The van der Waals surface area contributed by atoms with Crippen LogP contribution in [0.25, 0.3) is 10.6 Å². The molecule has 0 bridgehead atoms. The number of hydrogen-bond acceptors (Lipinski definition) is 4. The monoisotopic (exact) mass is 333 g/mol. The number of aliphatic carboxylic acids is 1. The van der Waals surface area contributed by atoms with E-state index in [9.17, 15) is 9.59 Å². The number of carbonyl (C=O) groups is 2. The Morgan fingerprint density at radius 2 is 2.09 bits per heavy atom. The zero-order chi connectivity index (χ0) is 16.6. The number of hydrogen-bond donors (Lipinski definition) is 1. The van der Waals surface area contributed by atoms with Crippen molar-refractivity contribution < 1.29 is 19.1 Å². The lowest BCUT2D eigenvalue weighted by Crippen LogP contribution is -2.38. The Kier molecular flexibility index (Phi) is 4.26. The number of nitrogens with zero attached hydrogens (tertiary/aromatic N) is 1. The molecule has 3 rings (SSSR count). The van der Waals surface area contributed by atoms with Gasteiger partial charge in [0, 0.05) is 12.6 Å². The van der Waals surface area contributed by atoms with E-state index in [-0.39, 0.29) is 18.5 Å². The highest BCUT2D eigenvalue weighted by Gasteiger charge is 2.35. The topological polar surface area (TPSA) is 70.8 Å². The van der Waals surface area contributed by atoms with Gasteiger partial charge in [-0.05, 0) is 44.0 Å². The fourth-order valence-electron chi connectivity index (χ4n) is 2.45. The smallest absolute Gasteiger partial charge is 0.308 e. The first-order valence-electron chi connectivity index (χ1n) is 7.66. The minimum absolute atomic E-state index is 0.0832. The molecule has 1 aliphatic carbocycles. The van der Waals surface area contributed by atoms with Crippen LogP contribution >= 0.6 is 11.3 Å². The summed E-state index contributed by atoms with van der Waals surface area (Å²) < 4.78 is 5.59. The first kappa shape index (κ1) is 15.8. The van der Waals surface area contributed by atoms with Crippen LogP contribution < -0.4 is 0 Å². The maximum absolute atomic E-state index is 12.7. The van der Waals surface area contributed by atoms with E-state index in [2.05, 4.69) is 0 Å². The Balaban J connectivity index is 1.78. The van der Waals surface area contributed by atoms with Crippen molar-refractivity contribution in [1.82, 2.24) is 4.90 Å². The van der Waals surface area contributed by atoms with E-state index in [1.807, 2.05) is 25.1 Å². The molecule has 2 aromatic heterocycles. The van der Waals surface area contributed by atoms with Gasteiger partial charge < -0.3 is 14.4 Å². The van der Waals surface area contributed by atoms with Crippen LogP contribution in [-0.4, -0.2) is 34.5 Å². The fourth-order valence-corrected chi connectivity index (χ4v) is 3.37. The van der Waals surface area contributed by atoms with Gasteiger partial charge in [-0.3, -0.25) is 9.59 Å². The second kappa shape index (κ2) is 6.20. The summed E-state index contributed by atoms with van der Waals surface area (Å²) in [6.45, 7) is 3.77. The molecule has 1 unspecified atom stereocenters. The van der Waals surface area contributed by atoms with Gasteiger partial charge in [0.15, 0.2) is 0 Å². The number of carboxylic acid groups (broad SMARTS) is 1. The zero-order valence-corrected chi connectivity index (χ0v) is 13.9. The third-order valence-corrected chi connectivity index (χ3v) is 5.03. The van der Waals surface area contributed by atoms with Gasteiger partial charge in [0.25, 0.3) is 5.91 Å². The highest BCUT2D eigenvalue weighted by Crippen LogP contribution is 2.33. The first-order chi connectivity index (χ1) is 11.0. The van der Waals surface area contributed by atoms with E-state index >= 15 is 0 Å². The van der Waals surface area contributed by atoms with Crippen molar-refractivity contribution >= 4 is 23.2 Å². The lowest BCUT2D eigenvalue weighted by molar-refractivity contribution is -0.141. The third-order valence-electron chi connectivity index (χ3n) is 3.94. The van der Waals surface area contributed by atoms with Gasteiger partial charge in [-0.2, -0.15) is 0 Å². The molecule has 0 radical (unpaired) electrons. The molecule has 1 fully saturated rings. The molecule has 0 aliphatic heterocycles. The van der Waals surface area contributed by atoms with Crippen molar-refractivity contribution in [1.29, 1.82) is 0 Å². The maximum atomic E-state index is 12.7. The van der Waals surface area contributed by atoms with Gasteiger partial charge >= 0.3 is 5.97 Å². The van der Waals surface area contributed by atoms with Gasteiger partial charge in [-0.1, -0.05) is 6.92 Å². The average Bonchev–Trinajstić information content (AvgIpc) is 3.06. The summed E-state index contributed by atoms with van der Waals surface area (Å²) in [5.41, 5.74) is 0. The molecule has 1 N–H and O–H groups in total. The van der Waals surface area contributed by atoms with Crippen LogP contribution in [0.5, 0.6) is 0 Å². The highest BCUT2D eigenvalue weighted by atomic mass is 32.1. The highest BCUT2D eigenvalue weighted by molar-refractivity contribution is 7.17. The molecule has 0 aromatic carbocycles. The maximum Gasteiger partial charge on any atom is 0.308 e. The number of furan rings is 1. The van der Waals surface area contributed by atoms with Crippen molar-refractivity contribution in [3.8, 4) is 10.6 Å². The van der Waals surface area contributed by atoms with Gasteiger partial charge in [0.1, 0.15) is 11.5 Å². The molecule has 1 atom stereocenters.